The molecule has 2 aromatic heterocycles. The maximum Gasteiger partial charge on any atom is 0.338 e. The number of rotatable bonds is 7. The monoisotopic (exact) mass is 602 g/mol. The molecule has 0 radical (unpaired) electrons. The van der Waals surface area contributed by atoms with Crippen molar-refractivity contribution in [2.75, 3.05) is 14.2 Å². The number of methoxy groups -OCH3 is 2. The molecule has 2 N–H and O–H groups in total. The summed E-state index contributed by atoms with van der Waals surface area (Å²) < 4.78 is 33.1. The predicted molar refractivity (Wildman–Crippen MR) is 157 cm³/mol. The van der Waals surface area contributed by atoms with Crippen LogP contribution in [0.15, 0.2) is 60.9 Å². The van der Waals surface area contributed by atoms with Crippen molar-refractivity contribution in [2.24, 2.45) is 0 Å². The lowest BCUT2D eigenvalue weighted by Gasteiger charge is -2.15. The normalized spacial score (nSPS) is 23.9. The van der Waals surface area contributed by atoms with Gasteiger partial charge in [-0.3, -0.25) is 0 Å². The molecule has 2 aliphatic heterocycles. The number of esters is 2. The Kier molecular flexibility index (Phi) is 7.62. The highest BCUT2D eigenvalue weighted by Gasteiger charge is 2.49. The molecular weight excluding hydrogens is 568 g/mol. The van der Waals surface area contributed by atoms with E-state index in [9.17, 15) is 9.59 Å². The molecule has 0 amide bonds. The van der Waals surface area contributed by atoms with Crippen LogP contribution in [0.2, 0.25) is 0 Å². The van der Waals surface area contributed by atoms with Gasteiger partial charge in [0.1, 0.15) is 11.6 Å². The lowest BCUT2D eigenvalue weighted by molar-refractivity contribution is -0.168. The molecule has 230 valence electrons. The number of hydrogen-bond donors (Lipinski definition) is 2. The number of nitrogens with zero attached hydrogens (tertiary/aromatic N) is 2. The summed E-state index contributed by atoms with van der Waals surface area (Å²) in [6, 6.07) is 16.1. The first-order valence-electron chi connectivity index (χ1n) is 14.1. The molecule has 2 aromatic carbocycles. The van der Waals surface area contributed by atoms with Gasteiger partial charge in [-0.1, -0.05) is 48.5 Å². The maximum atomic E-state index is 12.3. The average Bonchev–Trinajstić information content (AvgIpc) is 3.81. The molecule has 44 heavy (non-hydrogen) atoms. The molecule has 0 aliphatic carbocycles. The van der Waals surface area contributed by atoms with Crippen LogP contribution in [0, 0.1) is 0 Å². The summed E-state index contributed by atoms with van der Waals surface area (Å²) in [5.74, 6) is -1.96. The van der Waals surface area contributed by atoms with Crippen LogP contribution in [0.3, 0.4) is 0 Å². The minimum atomic E-state index is -0.947. The van der Waals surface area contributed by atoms with Gasteiger partial charge in [-0.2, -0.15) is 0 Å². The topological polar surface area (TPSA) is 147 Å². The van der Waals surface area contributed by atoms with Crippen LogP contribution in [-0.2, 0) is 38.0 Å². The van der Waals surface area contributed by atoms with Crippen LogP contribution in [0.1, 0.15) is 51.6 Å². The van der Waals surface area contributed by atoms with Crippen molar-refractivity contribution >= 4 is 11.9 Å². The number of carbonyl (C=O) groups excluding carboxylic acids is 2. The molecule has 0 saturated carbocycles. The molecule has 4 aromatic rings. The fourth-order valence-corrected chi connectivity index (χ4v) is 5.44. The zero-order chi connectivity index (χ0) is 31.2. The summed E-state index contributed by atoms with van der Waals surface area (Å²) in [5, 5.41) is 0. The molecule has 2 saturated heterocycles. The van der Waals surface area contributed by atoms with Crippen molar-refractivity contribution in [3.05, 3.63) is 72.6 Å². The summed E-state index contributed by atoms with van der Waals surface area (Å²) in [6.45, 7) is 6.97. The highest BCUT2D eigenvalue weighted by Crippen LogP contribution is 2.39. The molecule has 4 atom stereocenters. The van der Waals surface area contributed by atoms with Gasteiger partial charge in [0.2, 0.25) is 0 Å². The Morgan fingerprint density at radius 3 is 1.30 bits per heavy atom. The van der Waals surface area contributed by atoms with Crippen molar-refractivity contribution in [1.29, 1.82) is 0 Å². The molecule has 0 spiro atoms. The summed E-state index contributed by atoms with van der Waals surface area (Å²) >= 11 is 0. The molecule has 0 bridgehead atoms. The van der Waals surface area contributed by atoms with Crippen molar-refractivity contribution in [2.45, 2.75) is 63.7 Å². The Balaban J connectivity index is 1.15. The third kappa shape index (κ3) is 5.76. The Morgan fingerprint density at radius 2 is 0.955 bits per heavy atom. The van der Waals surface area contributed by atoms with E-state index in [0.29, 0.717) is 11.6 Å². The number of ether oxygens (including phenoxy) is 6. The Bertz CT molecular complexity index is 1530. The van der Waals surface area contributed by atoms with Crippen molar-refractivity contribution in [3.8, 4) is 33.6 Å². The first-order chi connectivity index (χ1) is 21.0. The first-order valence-corrected chi connectivity index (χ1v) is 14.1. The van der Waals surface area contributed by atoms with Gasteiger partial charge >= 0.3 is 11.9 Å². The van der Waals surface area contributed by atoms with Crippen LogP contribution in [-0.4, -0.2) is 69.9 Å². The number of aromatic amines is 2. The minimum Gasteiger partial charge on any atom is -0.467 e. The van der Waals surface area contributed by atoms with Crippen molar-refractivity contribution < 1.29 is 38.0 Å². The minimum absolute atomic E-state index is 0.485. The van der Waals surface area contributed by atoms with E-state index in [1.807, 2.05) is 48.5 Å². The largest absolute Gasteiger partial charge is 0.467 e. The van der Waals surface area contributed by atoms with Crippen LogP contribution < -0.4 is 0 Å². The lowest BCUT2D eigenvalue weighted by Crippen LogP contribution is -2.29. The molecule has 2 fully saturated rings. The maximum absolute atomic E-state index is 12.3. The number of nitrogens with one attached hydrogen (secondary N) is 2. The fraction of sp³-hybridized carbons (Fsp3) is 0.375. The highest BCUT2D eigenvalue weighted by molar-refractivity contribution is 5.77. The highest BCUT2D eigenvalue weighted by atomic mass is 16.8. The number of imidazole rings is 2. The Labute approximate surface area is 254 Å². The van der Waals surface area contributed by atoms with Gasteiger partial charge in [0.05, 0.1) is 38.0 Å². The summed E-state index contributed by atoms with van der Waals surface area (Å²) in [5.41, 5.74) is 5.48. The third-order valence-corrected chi connectivity index (χ3v) is 7.52. The third-order valence-electron chi connectivity index (χ3n) is 7.52. The van der Waals surface area contributed by atoms with E-state index in [-0.39, 0.29) is 0 Å². The first kappa shape index (κ1) is 29.7. The number of benzene rings is 2. The van der Waals surface area contributed by atoms with Gasteiger partial charge < -0.3 is 38.4 Å². The van der Waals surface area contributed by atoms with Crippen molar-refractivity contribution in [1.82, 2.24) is 19.9 Å². The van der Waals surface area contributed by atoms with Gasteiger partial charge in [0, 0.05) is 0 Å². The second-order valence-corrected chi connectivity index (χ2v) is 11.5. The van der Waals surface area contributed by atoms with E-state index in [1.165, 1.54) is 14.2 Å². The zero-order valence-corrected chi connectivity index (χ0v) is 25.2. The number of aromatic nitrogens is 4. The lowest BCUT2D eigenvalue weighted by atomic mass is 10.0. The molecule has 2 aliphatic rings. The average molecular weight is 603 g/mol. The van der Waals surface area contributed by atoms with E-state index in [2.05, 4.69) is 19.9 Å². The molecular formula is C32H34N4O8. The second kappa shape index (κ2) is 11.3. The SMILES string of the molecule is COC(=O)C1OC(C)(C)OC1c1ncc(-c2ccc(-c3ccc(-c4cnc([C@@H]5OC(C)(C)O[C@H]5C(=O)OC)[nH]4)cc3)cc2)[nH]1. The van der Waals surface area contributed by atoms with Gasteiger partial charge in [-0.05, 0) is 49.9 Å². The van der Waals surface area contributed by atoms with E-state index in [1.54, 1.807) is 40.1 Å². The number of hydrogen-bond acceptors (Lipinski definition) is 10. The van der Waals surface area contributed by atoms with Crippen LogP contribution in [0.5, 0.6) is 0 Å². The van der Waals surface area contributed by atoms with Gasteiger partial charge in [-0.25, -0.2) is 19.6 Å². The van der Waals surface area contributed by atoms with E-state index < -0.39 is 47.9 Å². The quantitative estimate of drug-likeness (QED) is 0.281. The molecule has 6 rings (SSSR count). The van der Waals surface area contributed by atoms with E-state index in [4.69, 9.17) is 28.4 Å². The van der Waals surface area contributed by atoms with E-state index >= 15 is 0 Å². The summed E-state index contributed by atoms with van der Waals surface area (Å²) in [4.78, 5) is 40.0. The fourth-order valence-electron chi connectivity index (χ4n) is 5.44. The molecule has 2 unspecified atom stereocenters. The predicted octanol–water partition coefficient (Wildman–Crippen LogP) is 4.87. The van der Waals surface area contributed by atoms with Gasteiger partial charge in [0.15, 0.2) is 36.0 Å². The van der Waals surface area contributed by atoms with E-state index in [0.717, 1.165) is 33.6 Å². The van der Waals surface area contributed by atoms with Crippen LogP contribution in [0.25, 0.3) is 33.6 Å². The standard InChI is InChI=1S/C32H34N4O8/c1-31(2)41-23(25(43-31)29(37)39-5)27-33-15-21(35-27)19-11-7-17(8-12-19)18-9-13-20(14-10-18)22-16-34-28(36-22)24-26(30(38)40-6)44-32(3,4)42-24/h7-16,23-26H,1-6H3,(H,33,35)(H,34,36)/t23-,24?,25-,26?/m1/s1. The van der Waals surface area contributed by atoms with Gasteiger partial charge in [0.25, 0.3) is 0 Å². The van der Waals surface area contributed by atoms with Crippen molar-refractivity contribution in [3.63, 3.8) is 0 Å². The summed E-state index contributed by atoms with van der Waals surface area (Å²) in [6.07, 6.45) is 0.157. The summed E-state index contributed by atoms with van der Waals surface area (Å²) in [7, 11) is 2.63. The smallest absolute Gasteiger partial charge is 0.338 e. The Hall–Kier alpha value is -4.36. The number of carbonyl (C=O) groups is 2. The van der Waals surface area contributed by atoms with Gasteiger partial charge in [-0.15, -0.1) is 0 Å². The zero-order valence-electron chi connectivity index (χ0n) is 25.2. The molecule has 4 heterocycles. The molecule has 12 nitrogen and oxygen atoms in total. The molecule has 12 heteroatoms. The Morgan fingerprint density at radius 1 is 0.614 bits per heavy atom. The second-order valence-electron chi connectivity index (χ2n) is 11.5. The van der Waals surface area contributed by atoms with Crippen LogP contribution in [0.4, 0.5) is 0 Å². The number of H-pyrrole nitrogens is 2. The van der Waals surface area contributed by atoms with Crippen LogP contribution >= 0.6 is 0 Å².